The van der Waals surface area contributed by atoms with E-state index >= 15 is 0 Å². The van der Waals surface area contributed by atoms with Gasteiger partial charge in [0.15, 0.2) is 0 Å². The van der Waals surface area contributed by atoms with Crippen LogP contribution < -0.4 is 5.73 Å². The maximum Gasteiger partial charge on any atom is 0.337 e. The van der Waals surface area contributed by atoms with E-state index in [9.17, 15) is 4.79 Å². The summed E-state index contributed by atoms with van der Waals surface area (Å²) in [6, 6.07) is 4.68. The van der Waals surface area contributed by atoms with E-state index in [2.05, 4.69) is 16.6 Å². The molecule has 0 amide bonds. The van der Waals surface area contributed by atoms with Crippen LogP contribution in [0, 0.1) is 11.8 Å². The third-order valence-electron chi connectivity index (χ3n) is 1.77. The van der Waals surface area contributed by atoms with Gasteiger partial charge in [-0.05, 0) is 18.2 Å². The zero-order valence-corrected chi connectivity index (χ0v) is 8.28. The van der Waals surface area contributed by atoms with Gasteiger partial charge in [-0.15, -0.1) is 0 Å². The third kappa shape index (κ3) is 2.73. The molecule has 0 spiro atoms. The molecule has 1 aromatic carbocycles. The van der Waals surface area contributed by atoms with E-state index in [-0.39, 0.29) is 6.61 Å². The molecule has 1 aromatic rings. The number of esters is 1. The molecule has 0 heterocycles. The van der Waals surface area contributed by atoms with Crippen molar-refractivity contribution in [3.8, 4) is 11.8 Å². The fourth-order valence-electron chi connectivity index (χ4n) is 1.06. The lowest BCUT2D eigenvalue weighted by molar-refractivity contribution is 0.0601. The molecule has 0 aliphatic carbocycles. The first-order chi connectivity index (χ1) is 7.19. The summed E-state index contributed by atoms with van der Waals surface area (Å²) in [5, 5.41) is 8.51. The molecule has 0 aromatic heterocycles. The fraction of sp³-hybridized carbons (Fsp3) is 0.182. The highest BCUT2D eigenvalue weighted by molar-refractivity contribution is 5.90. The number of carbonyl (C=O) groups excluding carboxylic acids is 1. The maximum absolute atomic E-state index is 11.1. The minimum atomic E-state index is -0.441. The summed E-state index contributed by atoms with van der Waals surface area (Å²) >= 11 is 0. The molecule has 78 valence electrons. The number of methoxy groups -OCH3 is 1. The summed E-state index contributed by atoms with van der Waals surface area (Å²) in [6.45, 7) is -0.224. The summed E-state index contributed by atoms with van der Waals surface area (Å²) < 4.78 is 4.54. The highest BCUT2D eigenvalue weighted by Gasteiger charge is 2.06. The summed E-state index contributed by atoms with van der Waals surface area (Å²) in [7, 11) is 1.30. The number of anilines is 1. The van der Waals surface area contributed by atoms with E-state index in [0.717, 1.165) is 0 Å². The lowest BCUT2D eigenvalue weighted by Gasteiger charge is -2.02. The first-order valence-electron chi connectivity index (χ1n) is 4.26. The number of benzene rings is 1. The Labute approximate surface area is 87.7 Å². The van der Waals surface area contributed by atoms with Crippen molar-refractivity contribution in [1.29, 1.82) is 0 Å². The minimum Gasteiger partial charge on any atom is -0.465 e. The molecule has 0 bridgehead atoms. The van der Waals surface area contributed by atoms with Crippen molar-refractivity contribution >= 4 is 11.7 Å². The molecule has 0 aliphatic heterocycles. The molecule has 15 heavy (non-hydrogen) atoms. The molecule has 0 aliphatic rings. The van der Waals surface area contributed by atoms with Crippen LogP contribution in [0.15, 0.2) is 18.2 Å². The predicted octanol–water partition coefficient (Wildman–Crippen LogP) is 0.399. The fourth-order valence-corrected chi connectivity index (χ4v) is 1.06. The molecule has 0 unspecified atom stereocenters. The molecular formula is C11H11NO3. The minimum absolute atomic E-state index is 0.224. The molecule has 0 fully saturated rings. The molecule has 0 saturated carbocycles. The van der Waals surface area contributed by atoms with Crippen LogP contribution >= 0.6 is 0 Å². The largest absolute Gasteiger partial charge is 0.465 e. The van der Waals surface area contributed by atoms with E-state index in [0.29, 0.717) is 16.8 Å². The van der Waals surface area contributed by atoms with Gasteiger partial charge >= 0.3 is 5.97 Å². The zero-order chi connectivity index (χ0) is 11.3. The number of nitrogen functional groups attached to an aromatic ring is 1. The molecule has 4 heteroatoms. The van der Waals surface area contributed by atoms with Crippen molar-refractivity contribution in [3.05, 3.63) is 29.3 Å². The summed E-state index contributed by atoms with van der Waals surface area (Å²) in [5.74, 6) is 4.71. The number of carbonyl (C=O) groups is 1. The molecule has 3 N–H and O–H groups in total. The van der Waals surface area contributed by atoms with Gasteiger partial charge in [0.1, 0.15) is 6.61 Å². The molecule has 0 atom stereocenters. The Hall–Kier alpha value is -1.99. The maximum atomic E-state index is 11.1. The Morgan fingerprint density at radius 1 is 1.60 bits per heavy atom. The van der Waals surface area contributed by atoms with Crippen LogP contribution in [-0.2, 0) is 4.74 Å². The van der Waals surface area contributed by atoms with Gasteiger partial charge in [-0.25, -0.2) is 4.79 Å². The van der Waals surface area contributed by atoms with Crippen LogP contribution in [0.3, 0.4) is 0 Å². The highest BCUT2D eigenvalue weighted by Crippen LogP contribution is 2.13. The number of aliphatic hydroxyl groups excluding tert-OH is 1. The molecule has 0 radical (unpaired) electrons. The predicted molar refractivity (Wildman–Crippen MR) is 56.2 cm³/mol. The van der Waals surface area contributed by atoms with Crippen molar-refractivity contribution in [3.63, 3.8) is 0 Å². The Morgan fingerprint density at radius 2 is 2.33 bits per heavy atom. The number of aliphatic hydroxyl groups is 1. The van der Waals surface area contributed by atoms with E-state index in [1.807, 2.05) is 0 Å². The number of nitrogens with two attached hydrogens (primary N) is 1. The summed E-state index contributed by atoms with van der Waals surface area (Å²) in [5.41, 5.74) is 7.01. The lowest BCUT2D eigenvalue weighted by Crippen LogP contribution is -2.02. The van der Waals surface area contributed by atoms with Crippen LogP contribution in [0.4, 0.5) is 5.69 Å². The molecule has 1 rings (SSSR count). The van der Waals surface area contributed by atoms with Crippen molar-refractivity contribution in [1.82, 2.24) is 0 Å². The zero-order valence-electron chi connectivity index (χ0n) is 8.28. The Balaban J connectivity index is 3.03. The van der Waals surface area contributed by atoms with Gasteiger partial charge in [-0.3, -0.25) is 0 Å². The van der Waals surface area contributed by atoms with E-state index in [1.165, 1.54) is 13.2 Å². The normalized spacial score (nSPS) is 8.93. The molecular weight excluding hydrogens is 194 g/mol. The van der Waals surface area contributed by atoms with Crippen molar-refractivity contribution < 1.29 is 14.6 Å². The number of hydrogen-bond donors (Lipinski definition) is 2. The second-order valence-corrected chi connectivity index (χ2v) is 2.75. The molecule has 4 nitrogen and oxygen atoms in total. The van der Waals surface area contributed by atoms with Gasteiger partial charge in [-0.2, -0.15) is 0 Å². The van der Waals surface area contributed by atoms with Crippen molar-refractivity contribution in [2.75, 3.05) is 19.5 Å². The van der Waals surface area contributed by atoms with Crippen LogP contribution in [0.25, 0.3) is 0 Å². The number of ether oxygens (including phenoxy) is 1. The van der Waals surface area contributed by atoms with Gasteiger partial charge < -0.3 is 15.6 Å². The van der Waals surface area contributed by atoms with Crippen molar-refractivity contribution in [2.45, 2.75) is 0 Å². The van der Waals surface area contributed by atoms with Gasteiger partial charge in [0, 0.05) is 11.3 Å². The van der Waals surface area contributed by atoms with Crippen LogP contribution in [-0.4, -0.2) is 24.8 Å². The van der Waals surface area contributed by atoms with Crippen molar-refractivity contribution in [2.24, 2.45) is 0 Å². The average Bonchev–Trinajstić information content (AvgIpc) is 2.26. The Morgan fingerprint density at radius 3 is 2.87 bits per heavy atom. The van der Waals surface area contributed by atoms with Gasteiger partial charge in [0.25, 0.3) is 0 Å². The van der Waals surface area contributed by atoms with Crippen LogP contribution in [0.5, 0.6) is 0 Å². The number of rotatable bonds is 1. The number of hydrogen-bond acceptors (Lipinski definition) is 4. The molecule has 0 saturated heterocycles. The van der Waals surface area contributed by atoms with E-state index < -0.39 is 5.97 Å². The smallest absolute Gasteiger partial charge is 0.337 e. The quantitative estimate of drug-likeness (QED) is 0.395. The second kappa shape index (κ2) is 5.03. The average molecular weight is 205 g/mol. The lowest BCUT2D eigenvalue weighted by atomic mass is 10.1. The van der Waals surface area contributed by atoms with E-state index in [1.54, 1.807) is 12.1 Å². The topological polar surface area (TPSA) is 72.5 Å². The van der Waals surface area contributed by atoms with Gasteiger partial charge in [0.2, 0.25) is 0 Å². The summed E-state index contributed by atoms with van der Waals surface area (Å²) in [6.07, 6.45) is 0. The van der Waals surface area contributed by atoms with E-state index in [4.69, 9.17) is 10.8 Å². The first-order valence-corrected chi connectivity index (χ1v) is 4.26. The second-order valence-electron chi connectivity index (χ2n) is 2.75. The van der Waals surface area contributed by atoms with Crippen LogP contribution in [0.2, 0.25) is 0 Å². The van der Waals surface area contributed by atoms with Gasteiger partial charge in [-0.1, -0.05) is 11.8 Å². The first kappa shape index (κ1) is 11.1. The standard InChI is InChI=1S/C11H11NO3/c1-15-11(14)9-5-4-8(3-2-6-13)10(12)7-9/h4-5,7,13H,6,12H2,1H3. The Kier molecular flexibility index (Phi) is 3.72. The monoisotopic (exact) mass is 205 g/mol. The third-order valence-corrected chi connectivity index (χ3v) is 1.77. The Bertz CT molecular complexity index is 429. The van der Waals surface area contributed by atoms with Crippen LogP contribution in [0.1, 0.15) is 15.9 Å². The summed E-state index contributed by atoms with van der Waals surface area (Å²) in [4.78, 5) is 11.1. The SMILES string of the molecule is COC(=O)c1ccc(C#CCO)c(N)c1. The van der Waals surface area contributed by atoms with Gasteiger partial charge in [0.05, 0.1) is 12.7 Å². The highest BCUT2D eigenvalue weighted by atomic mass is 16.5.